The molecule has 0 saturated heterocycles. The van der Waals surface area contributed by atoms with Crippen LogP contribution in [0.5, 0.6) is 0 Å². The first-order valence-corrected chi connectivity index (χ1v) is 10.7. The topological polar surface area (TPSA) is 76.3 Å². The van der Waals surface area contributed by atoms with Crippen LogP contribution < -0.4 is 5.73 Å². The molecule has 0 aliphatic heterocycles. The quantitative estimate of drug-likeness (QED) is 0.626. The number of hydrogen-bond acceptors (Lipinski definition) is 4. The van der Waals surface area contributed by atoms with Crippen molar-refractivity contribution in [1.29, 1.82) is 0 Å². The first-order valence-electron chi connectivity index (χ1n) is 9.43. The van der Waals surface area contributed by atoms with Crippen molar-refractivity contribution in [2.75, 3.05) is 0 Å². The van der Waals surface area contributed by atoms with Gasteiger partial charge in [0, 0.05) is 10.4 Å². The molecule has 0 saturated carbocycles. The van der Waals surface area contributed by atoms with Gasteiger partial charge in [0.1, 0.15) is 17.6 Å². The van der Waals surface area contributed by atoms with E-state index in [9.17, 15) is 14.0 Å². The molecule has 8 heteroatoms. The van der Waals surface area contributed by atoms with Crippen LogP contribution in [0.1, 0.15) is 50.7 Å². The van der Waals surface area contributed by atoms with Crippen LogP contribution in [-0.4, -0.2) is 21.7 Å². The van der Waals surface area contributed by atoms with E-state index < -0.39 is 29.7 Å². The van der Waals surface area contributed by atoms with Gasteiger partial charge in [-0.1, -0.05) is 41.9 Å². The van der Waals surface area contributed by atoms with Gasteiger partial charge in [0.15, 0.2) is 0 Å². The van der Waals surface area contributed by atoms with Crippen LogP contribution in [0.15, 0.2) is 47.8 Å². The van der Waals surface area contributed by atoms with E-state index in [0.717, 1.165) is 5.01 Å². The monoisotopic (exact) mass is 443 g/mol. The first-order chi connectivity index (χ1) is 14.4. The number of fused-ring (bicyclic) bond motifs is 1. The summed E-state index contributed by atoms with van der Waals surface area (Å²) < 4.78 is 14.5. The standard InChI is InChI=1S/C22H19ClFN3O2S/c1-12-26-18(11-30-12)22(29)27(20(21(25)28)13-5-3-2-4-6-13)19-8-7-15-16(19)9-14(23)10-17(15)24/h2-6,9-11,19-20H,7-8H2,1H3,(H2,25,28)/t19-,20?/m1/s1. The van der Waals surface area contributed by atoms with E-state index in [4.69, 9.17) is 17.3 Å². The molecule has 5 nitrogen and oxygen atoms in total. The van der Waals surface area contributed by atoms with E-state index >= 15 is 0 Å². The van der Waals surface area contributed by atoms with E-state index in [1.165, 1.54) is 22.3 Å². The number of carbonyl (C=O) groups excluding carboxylic acids is 2. The van der Waals surface area contributed by atoms with E-state index in [1.54, 1.807) is 42.6 Å². The van der Waals surface area contributed by atoms with Crippen molar-refractivity contribution >= 4 is 34.8 Å². The molecule has 0 spiro atoms. The van der Waals surface area contributed by atoms with Gasteiger partial charge in [-0.25, -0.2) is 9.37 Å². The van der Waals surface area contributed by atoms with Gasteiger partial charge in [-0.2, -0.15) is 0 Å². The van der Waals surface area contributed by atoms with Crippen molar-refractivity contribution in [3.63, 3.8) is 0 Å². The molecule has 3 aromatic rings. The summed E-state index contributed by atoms with van der Waals surface area (Å²) in [5, 5.41) is 2.63. The molecule has 1 aliphatic carbocycles. The largest absolute Gasteiger partial charge is 0.368 e. The highest BCUT2D eigenvalue weighted by Gasteiger charge is 2.40. The number of amides is 2. The normalized spacial score (nSPS) is 16.2. The summed E-state index contributed by atoms with van der Waals surface area (Å²) in [4.78, 5) is 31.9. The molecule has 2 atom stereocenters. The highest BCUT2D eigenvalue weighted by Crippen LogP contribution is 2.43. The number of benzene rings is 2. The van der Waals surface area contributed by atoms with Crippen LogP contribution in [-0.2, 0) is 11.2 Å². The number of primary amides is 1. The molecule has 2 amide bonds. The zero-order chi connectivity index (χ0) is 21.4. The Morgan fingerprint density at radius 2 is 2.03 bits per heavy atom. The number of nitrogens with two attached hydrogens (primary N) is 1. The summed E-state index contributed by atoms with van der Waals surface area (Å²) in [6.07, 6.45) is 0.890. The molecule has 1 aromatic heterocycles. The fraction of sp³-hybridized carbons (Fsp3) is 0.227. The molecule has 30 heavy (non-hydrogen) atoms. The Morgan fingerprint density at radius 3 is 2.67 bits per heavy atom. The number of carbonyl (C=O) groups is 2. The highest BCUT2D eigenvalue weighted by atomic mass is 35.5. The van der Waals surface area contributed by atoms with Crippen molar-refractivity contribution in [3.8, 4) is 0 Å². The molecule has 1 unspecified atom stereocenters. The summed E-state index contributed by atoms with van der Waals surface area (Å²) in [5.74, 6) is -1.50. The summed E-state index contributed by atoms with van der Waals surface area (Å²) >= 11 is 7.46. The summed E-state index contributed by atoms with van der Waals surface area (Å²) in [6.45, 7) is 1.80. The van der Waals surface area contributed by atoms with Crippen molar-refractivity contribution in [2.45, 2.75) is 31.8 Å². The van der Waals surface area contributed by atoms with Crippen molar-refractivity contribution < 1.29 is 14.0 Å². The zero-order valence-electron chi connectivity index (χ0n) is 16.1. The molecule has 0 bridgehead atoms. The number of thiazole rings is 1. The summed E-state index contributed by atoms with van der Waals surface area (Å²) in [6, 6.07) is 10.2. The number of hydrogen-bond donors (Lipinski definition) is 1. The van der Waals surface area contributed by atoms with Gasteiger partial charge in [0.05, 0.1) is 11.0 Å². The molecule has 4 rings (SSSR count). The second kappa shape index (κ2) is 8.16. The number of halogens is 2. The minimum absolute atomic E-state index is 0.232. The maximum Gasteiger partial charge on any atom is 0.274 e. The fourth-order valence-corrected chi connectivity index (χ4v) is 4.84. The smallest absolute Gasteiger partial charge is 0.274 e. The second-order valence-electron chi connectivity index (χ2n) is 7.19. The van der Waals surface area contributed by atoms with E-state index in [0.29, 0.717) is 29.5 Å². The molecule has 154 valence electrons. The molecule has 1 aliphatic rings. The Kier molecular flexibility index (Phi) is 5.58. The van der Waals surface area contributed by atoms with Gasteiger partial charge in [0.2, 0.25) is 5.91 Å². The second-order valence-corrected chi connectivity index (χ2v) is 8.69. The predicted molar refractivity (Wildman–Crippen MR) is 114 cm³/mol. The van der Waals surface area contributed by atoms with Gasteiger partial charge >= 0.3 is 0 Å². The lowest BCUT2D eigenvalue weighted by Gasteiger charge is -2.35. The average molecular weight is 444 g/mol. The Bertz CT molecular complexity index is 1120. The minimum atomic E-state index is -1.03. The third-order valence-corrected chi connectivity index (χ3v) is 6.28. The average Bonchev–Trinajstić information content (AvgIpc) is 3.32. The van der Waals surface area contributed by atoms with Crippen LogP contribution >= 0.6 is 22.9 Å². The van der Waals surface area contributed by atoms with E-state index in [1.807, 2.05) is 6.07 Å². The van der Waals surface area contributed by atoms with Crippen molar-refractivity contribution in [3.05, 3.63) is 86.1 Å². The van der Waals surface area contributed by atoms with Gasteiger partial charge in [-0.15, -0.1) is 11.3 Å². The molecule has 2 N–H and O–H groups in total. The van der Waals surface area contributed by atoms with Crippen LogP contribution in [0.3, 0.4) is 0 Å². The lowest BCUT2D eigenvalue weighted by atomic mass is 9.98. The van der Waals surface area contributed by atoms with Crippen molar-refractivity contribution in [1.82, 2.24) is 9.88 Å². The maximum absolute atomic E-state index is 14.5. The molecule has 2 aromatic carbocycles. The zero-order valence-corrected chi connectivity index (χ0v) is 17.7. The van der Waals surface area contributed by atoms with Crippen molar-refractivity contribution in [2.24, 2.45) is 5.73 Å². The SMILES string of the molecule is Cc1nc(C(=O)N(C(C(N)=O)c2ccccc2)[C@@H]2CCc3c(F)cc(Cl)cc32)cs1. The number of aryl methyl sites for hydroxylation is 1. The Labute approximate surface area is 182 Å². The van der Waals surface area contributed by atoms with Crippen LogP contribution in [0.2, 0.25) is 5.02 Å². The molecule has 0 fully saturated rings. The first kappa shape index (κ1) is 20.5. The van der Waals surface area contributed by atoms with E-state index in [-0.39, 0.29) is 10.7 Å². The van der Waals surface area contributed by atoms with Crippen LogP contribution in [0.4, 0.5) is 4.39 Å². The van der Waals surface area contributed by atoms with Crippen LogP contribution in [0.25, 0.3) is 0 Å². The lowest BCUT2D eigenvalue weighted by Crippen LogP contribution is -2.43. The Balaban J connectivity index is 1.87. The Hall–Kier alpha value is -2.77. The Morgan fingerprint density at radius 1 is 1.30 bits per heavy atom. The number of rotatable bonds is 5. The number of aromatic nitrogens is 1. The predicted octanol–water partition coefficient (Wildman–Crippen LogP) is 4.60. The third-order valence-electron chi connectivity index (χ3n) is 5.29. The molecular formula is C22H19ClFN3O2S. The lowest BCUT2D eigenvalue weighted by molar-refractivity contribution is -0.123. The van der Waals surface area contributed by atoms with Gasteiger partial charge in [-0.05, 0) is 48.6 Å². The van der Waals surface area contributed by atoms with E-state index in [2.05, 4.69) is 4.98 Å². The highest BCUT2D eigenvalue weighted by molar-refractivity contribution is 7.09. The van der Waals surface area contributed by atoms with Crippen LogP contribution in [0, 0.1) is 12.7 Å². The minimum Gasteiger partial charge on any atom is -0.368 e. The van der Waals surface area contributed by atoms with Gasteiger partial charge in [0.25, 0.3) is 5.91 Å². The summed E-state index contributed by atoms with van der Waals surface area (Å²) in [5.41, 5.74) is 7.71. The molecular weight excluding hydrogens is 425 g/mol. The van der Waals surface area contributed by atoms with Gasteiger partial charge < -0.3 is 10.6 Å². The fourth-order valence-electron chi connectivity index (χ4n) is 4.04. The third kappa shape index (κ3) is 3.70. The molecule has 0 radical (unpaired) electrons. The maximum atomic E-state index is 14.5. The summed E-state index contributed by atoms with van der Waals surface area (Å²) in [7, 11) is 0. The molecule has 1 heterocycles. The number of nitrogens with zero attached hydrogens (tertiary/aromatic N) is 2. The van der Waals surface area contributed by atoms with Gasteiger partial charge in [-0.3, -0.25) is 9.59 Å².